The molecule has 88 valence electrons. The van der Waals surface area contributed by atoms with Gasteiger partial charge in [0.05, 0.1) is 0 Å². The Balaban J connectivity index is 1.73. The van der Waals surface area contributed by atoms with E-state index in [0.717, 1.165) is 17.1 Å². The van der Waals surface area contributed by atoms with Gasteiger partial charge in [-0.25, -0.2) is 0 Å². The first kappa shape index (κ1) is 12.5. The monoisotopic (exact) mass is 299 g/mol. The highest BCUT2D eigenvalue weighted by Crippen LogP contribution is 2.25. The van der Waals surface area contributed by atoms with Crippen LogP contribution < -0.4 is 5.32 Å². The molecule has 16 heavy (non-hydrogen) atoms. The lowest BCUT2D eigenvalue weighted by molar-refractivity contribution is 0.342. The summed E-state index contributed by atoms with van der Waals surface area (Å²) in [4.78, 5) is 1.35. The number of hydrogen-bond donors (Lipinski definition) is 1. The third kappa shape index (κ3) is 3.79. The highest BCUT2D eigenvalue weighted by Gasteiger charge is 2.17. The summed E-state index contributed by atoms with van der Waals surface area (Å²) in [5.41, 5.74) is 0. The predicted octanol–water partition coefficient (Wildman–Crippen LogP) is 4.07. The molecule has 0 bridgehead atoms. The lowest BCUT2D eigenvalue weighted by atomic mass is 9.93. The summed E-state index contributed by atoms with van der Waals surface area (Å²) in [7, 11) is 0. The first-order valence-corrected chi connectivity index (χ1v) is 7.57. The van der Waals surface area contributed by atoms with Crippen LogP contribution in [0.5, 0.6) is 0 Å². The molecule has 1 fully saturated rings. The molecule has 0 spiro atoms. The molecule has 1 atom stereocenters. The van der Waals surface area contributed by atoms with Crippen molar-refractivity contribution in [2.45, 2.75) is 42.4 Å². The molecule has 1 saturated carbocycles. The fourth-order valence-corrected chi connectivity index (χ4v) is 2.93. The van der Waals surface area contributed by atoms with Crippen LogP contribution in [0.4, 0.5) is 0 Å². The van der Waals surface area contributed by atoms with Gasteiger partial charge in [-0.1, -0.05) is 29.3 Å². The maximum atomic E-state index is 3.62. The molecule has 1 aromatic carbocycles. The average molecular weight is 300 g/mol. The van der Waals surface area contributed by atoms with Crippen LogP contribution in [-0.2, 0) is 0 Å². The molecule has 0 aromatic heterocycles. The normalized spacial score (nSPS) is 18.1. The zero-order valence-electron chi connectivity index (χ0n) is 9.58. The van der Waals surface area contributed by atoms with E-state index in [1.54, 1.807) is 0 Å². The Morgan fingerprint density at radius 3 is 2.62 bits per heavy atom. The minimum absolute atomic E-state index is 0.641. The highest BCUT2D eigenvalue weighted by molar-refractivity contribution is 9.10. The first-order chi connectivity index (χ1) is 7.74. The number of thioether (sulfide) groups is 1. The van der Waals surface area contributed by atoms with Gasteiger partial charge < -0.3 is 5.32 Å². The van der Waals surface area contributed by atoms with Gasteiger partial charge in [0.2, 0.25) is 0 Å². The van der Waals surface area contributed by atoms with Gasteiger partial charge in [0.15, 0.2) is 0 Å². The number of hydrogen-bond acceptors (Lipinski definition) is 2. The van der Waals surface area contributed by atoms with Crippen molar-refractivity contribution >= 4 is 27.7 Å². The van der Waals surface area contributed by atoms with E-state index in [4.69, 9.17) is 0 Å². The zero-order valence-corrected chi connectivity index (χ0v) is 12.0. The smallest absolute Gasteiger partial charge is 0.0191 e. The molecule has 2 rings (SSSR count). The molecule has 1 aliphatic rings. The van der Waals surface area contributed by atoms with Gasteiger partial charge >= 0.3 is 0 Å². The van der Waals surface area contributed by atoms with Crippen LogP contribution in [0.25, 0.3) is 0 Å². The zero-order chi connectivity index (χ0) is 11.4. The van der Waals surface area contributed by atoms with Crippen LogP contribution in [0.15, 0.2) is 33.6 Å². The Kier molecular flexibility index (Phi) is 4.74. The van der Waals surface area contributed by atoms with Crippen molar-refractivity contribution in [2.24, 2.45) is 0 Å². The Hall–Kier alpha value is 0.01000. The van der Waals surface area contributed by atoms with E-state index in [2.05, 4.69) is 52.4 Å². The summed E-state index contributed by atoms with van der Waals surface area (Å²) in [6, 6.07) is 9.36. The van der Waals surface area contributed by atoms with Crippen molar-refractivity contribution in [2.75, 3.05) is 6.54 Å². The van der Waals surface area contributed by atoms with Crippen LogP contribution in [0, 0.1) is 0 Å². The first-order valence-electron chi connectivity index (χ1n) is 5.89. The van der Waals surface area contributed by atoms with Gasteiger partial charge in [-0.15, -0.1) is 11.8 Å². The van der Waals surface area contributed by atoms with Crippen molar-refractivity contribution in [3.05, 3.63) is 28.7 Å². The predicted molar refractivity (Wildman–Crippen MR) is 75.1 cm³/mol. The number of nitrogens with one attached hydrogen (secondary N) is 1. The van der Waals surface area contributed by atoms with Crippen LogP contribution in [0.1, 0.15) is 26.2 Å². The molecular formula is C13H18BrNS. The molecular weight excluding hydrogens is 282 g/mol. The van der Waals surface area contributed by atoms with Crippen molar-refractivity contribution in [1.82, 2.24) is 5.32 Å². The molecule has 1 aliphatic carbocycles. The van der Waals surface area contributed by atoms with Crippen molar-refractivity contribution in [3.63, 3.8) is 0 Å². The largest absolute Gasteiger partial charge is 0.313 e. The second-order valence-corrected chi connectivity index (χ2v) is 6.85. The fraction of sp³-hybridized carbons (Fsp3) is 0.538. The van der Waals surface area contributed by atoms with Gasteiger partial charge in [0.25, 0.3) is 0 Å². The Labute approximate surface area is 111 Å². The molecule has 0 saturated heterocycles. The lowest BCUT2D eigenvalue weighted by Gasteiger charge is -2.27. The van der Waals surface area contributed by atoms with E-state index in [-0.39, 0.29) is 0 Å². The van der Waals surface area contributed by atoms with Crippen molar-refractivity contribution in [1.29, 1.82) is 0 Å². The van der Waals surface area contributed by atoms with E-state index in [1.807, 2.05) is 11.8 Å². The van der Waals surface area contributed by atoms with E-state index >= 15 is 0 Å². The molecule has 0 heterocycles. The number of benzene rings is 1. The van der Waals surface area contributed by atoms with E-state index < -0.39 is 0 Å². The van der Waals surface area contributed by atoms with E-state index in [0.29, 0.717) is 5.25 Å². The maximum Gasteiger partial charge on any atom is 0.0191 e. The topological polar surface area (TPSA) is 12.0 Å². The second kappa shape index (κ2) is 6.08. The number of halogens is 1. The third-order valence-electron chi connectivity index (χ3n) is 2.95. The standard InChI is InChI=1S/C13H18BrNS/c1-10(9-15-12-3-2-4-12)16-13-7-5-11(14)6-8-13/h5-8,10,12,15H,2-4,9H2,1H3. The van der Waals surface area contributed by atoms with E-state index in [9.17, 15) is 0 Å². The summed E-state index contributed by atoms with van der Waals surface area (Å²) in [5.74, 6) is 0. The summed E-state index contributed by atoms with van der Waals surface area (Å²) in [6.45, 7) is 3.41. The summed E-state index contributed by atoms with van der Waals surface area (Å²) in [6.07, 6.45) is 4.15. The lowest BCUT2D eigenvalue weighted by Crippen LogP contribution is -2.38. The van der Waals surface area contributed by atoms with Crippen LogP contribution in [0.2, 0.25) is 0 Å². The molecule has 1 aromatic rings. The van der Waals surface area contributed by atoms with Gasteiger partial charge in [-0.2, -0.15) is 0 Å². The minimum atomic E-state index is 0.641. The molecule has 1 unspecified atom stereocenters. The SMILES string of the molecule is CC(CNC1CCC1)Sc1ccc(Br)cc1. The van der Waals surface area contributed by atoms with Crippen molar-refractivity contribution < 1.29 is 0 Å². The molecule has 3 heteroatoms. The second-order valence-electron chi connectivity index (χ2n) is 4.42. The Morgan fingerprint density at radius 2 is 2.06 bits per heavy atom. The van der Waals surface area contributed by atoms with E-state index in [1.165, 1.54) is 24.2 Å². The quantitative estimate of drug-likeness (QED) is 0.823. The fourth-order valence-electron chi connectivity index (χ4n) is 1.73. The number of rotatable bonds is 5. The summed E-state index contributed by atoms with van der Waals surface area (Å²) < 4.78 is 1.15. The highest BCUT2D eigenvalue weighted by atomic mass is 79.9. The van der Waals surface area contributed by atoms with Crippen LogP contribution in [0.3, 0.4) is 0 Å². The molecule has 0 amide bonds. The van der Waals surface area contributed by atoms with Crippen LogP contribution in [-0.4, -0.2) is 17.8 Å². The third-order valence-corrected chi connectivity index (χ3v) is 4.59. The van der Waals surface area contributed by atoms with Crippen LogP contribution >= 0.6 is 27.7 Å². The van der Waals surface area contributed by atoms with Gasteiger partial charge in [0, 0.05) is 27.2 Å². The Bertz CT molecular complexity index is 321. The average Bonchev–Trinajstić information content (AvgIpc) is 2.19. The molecule has 0 radical (unpaired) electrons. The molecule has 0 aliphatic heterocycles. The maximum absolute atomic E-state index is 3.62. The summed E-state index contributed by atoms with van der Waals surface area (Å²) >= 11 is 5.40. The minimum Gasteiger partial charge on any atom is -0.313 e. The Morgan fingerprint density at radius 1 is 1.38 bits per heavy atom. The molecule has 1 nitrogen and oxygen atoms in total. The molecule has 1 N–H and O–H groups in total. The van der Waals surface area contributed by atoms with Gasteiger partial charge in [-0.05, 0) is 37.1 Å². The van der Waals surface area contributed by atoms with Gasteiger partial charge in [0.1, 0.15) is 0 Å². The van der Waals surface area contributed by atoms with Gasteiger partial charge in [-0.3, -0.25) is 0 Å². The summed E-state index contributed by atoms with van der Waals surface area (Å²) in [5, 5.41) is 4.26. The van der Waals surface area contributed by atoms with Crippen molar-refractivity contribution in [3.8, 4) is 0 Å².